The summed E-state index contributed by atoms with van der Waals surface area (Å²) in [4.78, 5) is 20.8. The van der Waals surface area contributed by atoms with Crippen LogP contribution in [0, 0.1) is 6.92 Å². The second-order valence-corrected chi connectivity index (χ2v) is 2.52. The van der Waals surface area contributed by atoms with E-state index in [1.165, 1.54) is 6.07 Å². The van der Waals surface area contributed by atoms with Gasteiger partial charge in [0.05, 0.1) is 5.56 Å². The summed E-state index contributed by atoms with van der Waals surface area (Å²) in [6.45, 7) is 1.74. The van der Waals surface area contributed by atoms with Gasteiger partial charge in [0.15, 0.2) is 12.6 Å². The summed E-state index contributed by atoms with van der Waals surface area (Å²) < 4.78 is 0. The van der Waals surface area contributed by atoms with Crippen LogP contribution in [0.4, 0.5) is 0 Å². The number of rotatable bonds is 2. The number of hydrogen-bond donors (Lipinski definition) is 1. The van der Waals surface area contributed by atoms with Crippen LogP contribution in [-0.2, 0) is 0 Å². The molecule has 0 aromatic heterocycles. The molecule has 3 nitrogen and oxygen atoms in total. The smallest absolute Gasteiger partial charge is 0.154 e. The molecule has 62 valence electrons. The number of carbonyl (C=O) groups is 2. The van der Waals surface area contributed by atoms with E-state index >= 15 is 0 Å². The number of phenols is 1. The van der Waals surface area contributed by atoms with Gasteiger partial charge in [-0.15, -0.1) is 0 Å². The zero-order valence-corrected chi connectivity index (χ0v) is 6.57. The summed E-state index contributed by atoms with van der Waals surface area (Å²) in [7, 11) is 0. The first-order valence-electron chi connectivity index (χ1n) is 3.43. The van der Waals surface area contributed by atoms with Gasteiger partial charge in [0, 0.05) is 5.56 Å². The molecule has 0 spiro atoms. The molecule has 0 unspecified atom stereocenters. The van der Waals surface area contributed by atoms with Crippen LogP contribution < -0.4 is 0 Å². The molecule has 3 heteroatoms. The molecule has 0 radical (unpaired) electrons. The zero-order chi connectivity index (χ0) is 9.14. The Balaban J connectivity index is 3.43. The number of aldehydes is 2. The third-order valence-corrected chi connectivity index (χ3v) is 1.58. The molecule has 1 aromatic rings. The molecule has 0 bridgehead atoms. The molecule has 0 fully saturated rings. The van der Waals surface area contributed by atoms with E-state index in [-0.39, 0.29) is 16.9 Å². The Kier molecular flexibility index (Phi) is 2.24. The quantitative estimate of drug-likeness (QED) is 0.671. The fourth-order valence-electron chi connectivity index (χ4n) is 1.03. The first-order chi connectivity index (χ1) is 5.69. The van der Waals surface area contributed by atoms with Gasteiger partial charge >= 0.3 is 0 Å². The molecular weight excluding hydrogens is 156 g/mol. The fourth-order valence-corrected chi connectivity index (χ4v) is 1.03. The van der Waals surface area contributed by atoms with Gasteiger partial charge in [0.2, 0.25) is 0 Å². The average Bonchev–Trinajstić information content (AvgIpc) is 2.03. The van der Waals surface area contributed by atoms with Gasteiger partial charge in [-0.05, 0) is 24.6 Å². The molecule has 0 saturated carbocycles. The third-order valence-electron chi connectivity index (χ3n) is 1.58. The number of hydrogen-bond acceptors (Lipinski definition) is 3. The lowest BCUT2D eigenvalue weighted by atomic mass is 10.1. The topological polar surface area (TPSA) is 54.4 Å². The lowest BCUT2D eigenvalue weighted by Gasteiger charge is -2.01. The summed E-state index contributed by atoms with van der Waals surface area (Å²) in [5.74, 6) is -0.146. The van der Waals surface area contributed by atoms with Crippen molar-refractivity contribution in [3.05, 3.63) is 28.8 Å². The summed E-state index contributed by atoms with van der Waals surface area (Å²) in [6.07, 6.45) is 1.02. The van der Waals surface area contributed by atoms with Gasteiger partial charge in [-0.2, -0.15) is 0 Å². The molecule has 0 aliphatic carbocycles. The minimum absolute atomic E-state index is 0.0515. The second-order valence-electron chi connectivity index (χ2n) is 2.52. The molecule has 1 rings (SSSR count). The second kappa shape index (κ2) is 3.17. The van der Waals surface area contributed by atoms with Crippen LogP contribution in [0.5, 0.6) is 5.75 Å². The Hall–Kier alpha value is -1.64. The van der Waals surface area contributed by atoms with Crippen molar-refractivity contribution >= 4 is 12.6 Å². The van der Waals surface area contributed by atoms with E-state index in [2.05, 4.69) is 0 Å². The Labute approximate surface area is 69.6 Å². The van der Waals surface area contributed by atoms with Gasteiger partial charge in [0.1, 0.15) is 5.75 Å². The van der Waals surface area contributed by atoms with Gasteiger partial charge in [-0.1, -0.05) is 0 Å². The Bertz CT molecular complexity index is 329. The van der Waals surface area contributed by atoms with E-state index in [0.717, 1.165) is 5.56 Å². The van der Waals surface area contributed by atoms with E-state index in [9.17, 15) is 14.7 Å². The number of aromatic hydroxyl groups is 1. The highest BCUT2D eigenvalue weighted by Crippen LogP contribution is 2.20. The van der Waals surface area contributed by atoms with Crippen molar-refractivity contribution in [3.63, 3.8) is 0 Å². The molecule has 0 aliphatic rings. The van der Waals surface area contributed by atoms with Crippen LogP contribution in [0.2, 0.25) is 0 Å². The van der Waals surface area contributed by atoms with Crippen molar-refractivity contribution in [2.45, 2.75) is 6.92 Å². The molecule has 0 atom stereocenters. The lowest BCUT2D eigenvalue weighted by Crippen LogP contribution is -1.92. The highest BCUT2D eigenvalue weighted by molar-refractivity contribution is 5.93. The minimum Gasteiger partial charge on any atom is -0.507 e. The van der Waals surface area contributed by atoms with Gasteiger partial charge in [0.25, 0.3) is 0 Å². The van der Waals surface area contributed by atoms with Crippen LogP contribution in [-0.4, -0.2) is 17.7 Å². The average molecular weight is 164 g/mol. The number of phenolic OH excluding ortho intramolecular Hbond substituents is 1. The number of aryl methyl sites for hydroxylation is 1. The summed E-state index contributed by atoms with van der Waals surface area (Å²) in [5.41, 5.74) is 1.03. The normalized spacial score (nSPS) is 9.42. The minimum atomic E-state index is -0.146. The monoisotopic (exact) mass is 164 g/mol. The van der Waals surface area contributed by atoms with Crippen molar-refractivity contribution in [2.75, 3.05) is 0 Å². The summed E-state index contributed by atoms with van der Waals surface area (Å²) >= 11 is 0. The molecule has 1 N–H and O–H groups in total. The fraction of sp³-hybridized carbons (Fsp3) is 0.111. The maximum atomic E-state index is 10.4. The van der Waals surface area contributed by atoms with Crippen molar-refractivity contribution in [2.24, 2.45) is 0 Å². The first-order valence-corrected chi connectivity index (χ1v) is 3.43. The van der Waals surface area contributed by atoms with Crippen molar-refractivity contribution in [1.29, 1.82) is 0 Å². The molecule has 0 saturated heterocycles. The van der Waals surface area contributed by atoms with E-state index in [4.69, 9.17) is 0 Å². The Morgan fingerprint density at radius 2 is 1.92 bits per heavy atom. The molecule has 0 aliphatic heterocycles. The van der Waals surface area contributed by atoms with Gasteiger partial charge < -0.3 is 5.11 Å². The van der Waals surface area contributed by atoms with Crippen molar-refractivity contribution in [3.8, 4) is 5.75 Å². The van der Waals surface area contributed by atoms with Crippen molar-refractivity contribution in [1.82, 2.24) is 0 Å². The molecule has 0 heterocycles. The Morgan fingerprint density at radius 3 is 2.42 bits per heavy atom. The molecular formula is C9H8O3. The number of carbonyl (C=O) groups excluding carboxylic acids is 2. The molecule has 12 heavy (non-hydrogen) atoms. The molecule has 0 amide bonds. The van der Waals surface area contributed by atoms with E-state index in [0.29, 0.717) is 12.6 Å². The summed E-state index contributed by atoms with van der Waals surface area (Å²) in [6, 6.07) is 2.99. The van der Waals surface area contributed by atoms with Gasteiger partial charge in [-0.25, -0.2) is 0 Å². The largest absolute Gasteiger partial charge is 0.507 e. The Morgan fingerprint density at radius 1 is 1.25 bits per heavy atom. The van der Waals surface area contributed by atoms with Crippen LogP contribution in [0.25, 0.3) is 0 Å². The van der Waals surface area contributed by atoms with E-state index in [1.54, 1.807) is 13.0 Å². The van der Waals surface area contributed by atoms with Crippen LogP contribution in [0.3, 0.4) is 0 Å². The predicted molar refractivity (Wildman–Crippen MR) is 43.6 cm³/mol. The van der Waals surface area contributed by atoms with Crippen LogP contribution in [0.15, 0.2) is 12.1 Å². The predicted octanol–water partition coefficient (Wildman–Crippen LogP) is 1.33. The standard InChI is InChI=1S/C9H8O3/c1-6-2-7(4-10)8(5-11)9(12)3-6/h2-5,12H,1H3. The zero-order valence-electron chi connectivity index (χ0n) is 6.57. The third kappa shape index (κ3) is 1.34. The summed E-state index contributed by atoms with van der Waals surface area (Å²) in [5, 5.41) is 9.21. The SMILES string of the molecule is Cc1cc(O)c(C=O)c(C=O)c1. The van der Waals surface area contributed by atoms with E-state index < -0.39 is 0 Å². The van der Waals surface area contributed by atoms with E-state index in [1.807, 2.05) is 0 Å². The first kappa shape index (κ1) is 8.46. The highest BCUT2D eigenvalue weighted by atomic mass is 16.3. The van der Waals surface area contributed by atoms with Crippen molar-refractivity contribution < 1.29 is 14.7 Å². The lowest BCUT2D eigenvalue weighted by molar-refractivity contribution is 0.109. The molecule has 1 aromatic carbocycles. The van der Waals surface area contributed by atoms with Gasteiger partial charge in [-0.3, -0.25) is 9.59 Å². The highest BCUT2D eigenvalue weighted by Gasteiger charge is 2.06. The maximum absolute atomic E-state index is 10.4. The van der Waals surface area contributed by atoms with Crippen LogP contribution in [0.1, 0.15) is 26.3 Å². The van der Waals surface area contributed by atoms with Crippen LogP contribution >= 0.6 is 0 Å². The maximum Gasteiger partial charge on any atom is 0.154 e. The number of benzene rings is 1.